The summed E-state index contributed by atoms with van der Waals surface area (Å²) in [5, 5.41) is 7.84. The Kier molecular flexibility index (Phi) is 5.85. The molecule has 4 aromatic rings. The normalized spacial score (nSPS) is 18.9. The summed E-state index contributed by atoms with van der Waals surface area (Å²) >= 11 is 13.1. The third-order valence-electron chi connectivity index (χ3n) is 6.71. The number of likely N-dealkylation sites (tertiary alicyclic amines) is 1. The zero-order valence-electron chi connectivity index (χ0n) is 18.9. The number of alkyl halides is 2. The molecule has 9 nitrogen and oxygen atoms in total. The van der Waals surface area contributed by atoms with E-state index in [0.29, 0.717) is 30.5 Å². The molecule has 190 valence electrons. The number of amides is 1. The molecule has 0 bridgehead atoms. The van der Waals surface area contributed by atoms with Crippen LogP contribution in [0.4, 0.5) is 14.7 Å². The molecule has 1 amide bonds. The molecule has 0 saturated carbocycles. The number of anilines is 1. The standard InChI is InChI=1S/C23H17Cl2F2N7O2S/c24-15-3-2-13(6-16(15)25)23(26,27)20-32-31-18(36-20)14-8-33(19(35)17-7-28-12-37-17)9-22(14)10-34(11-22)21-29-4-1-5-30-21/h1-7,12,14H,8-11H2. The molecule has 5 heterocycles. The number of carbonyl (C=O) groups excluding carboxylic acids is 1. The van der Waals surface area contributed by atoms with E-state index < -0.39 is 28.7 Å². The number of hydrogen-bond acceptors (Lipinski definition) is 9. The van der Waals surface area contributed by atoms with Crippen LogP contribution in [0.5, 0.6) is 0 Å². The first kappa shape index (κ1) is 24.1. The van der Waals surface area contributed by atoms with E-state index >= 15 is 8.78 Å². The molecule has 2 fully saturated rings. The minimum Gasteiger partial charge on any atom is -0.419 e. The largest absolute Gasteiger partial charge is 0.419 e. The van der Waals surface area contributed by atoms with Crippen LogP contribution in [0.1, 0.15) is 32.9 Å². The molecule has 2 saturated heterocycles. The average molecular weight is 564 g/mol. The van der Waals surface area contributed by atoms with Gasteiger partial charge in [-0.05, 0) is 18.2 Å². The quantitative estimate of drug-likeness (QED) is 0.349. The van der Waals surface area contributed by atoms with Crippen LogP contribution >= 0.6 is 34.5 Å². The fourth-order valence-corrected chi connectivity index (χ4v) is 5.77. The van der Waals surface area contributed by atoms with Crippen LogP contribution in [0.3, 0.4) is 0 Å². The summed E-state index contributed by atoms with van der Waals surface area (Å²) in [6.07, 6.45) is 4.81. The molecule has 37 heavy (non-hydrogen) atoms. The zero-order chi connectivity index (χ0) is 25.8. The van der Waals surface area contributed by atoms with Crippen molar-refractivity contribution in [3.05, 3.63) is 80.6 Å². The molecule has 0 aliphatic carbocycles. The molecule has 3 aromatic heterocycles. The van der Waals surface area contributed by atoms with Gasteiger partial charge in [0.2, 0.25) is 11.8 Å². The number of rotatable bonds is 5. The lowest BCUT2D eigenvalue weighted by molar-refractivity contribution is 0.0108. The molecule has 14 heteroatoms. The van der Waals surface area contributed by atoms with Crippen LogP contribution in [-0.4, -0.2) is 62.1 Å². The van der Waals surface area contributed by atoms with Crippen molar-refractivity contribution < 1.29 is 18.0 Å². The third-order valence-corrected chi connectivity index (χ3v) is 8.21. The third kappa shape index (κ3) is 4.12. The second kappa shape index (κ2) is 8.96. The fourth-order valence-electron chi connectivity index (χ4n) is 4.89. The Labute approximate surface area is 223 Å². The number of nitrogens with zero attached hydrogens (tertiary/aromatic N) is 7. The molecule has 0 N–H and O–H groups in total. The van der Waals surface area contributed by atoms with Crippen molar-refractivity contribution in [3.63, 3.8) is 0 Å². The molecular formula is C23H17Cl2F2N7O2S. The van der Waals surface area contributed by atoms with Crippen LogP contribution in [0.15, 0.2) is 52.8 Å². The minimum absolute atomic E-state index is 0.0109. The lowest BCUT2D eigenvalue weighted by Gasteiger charge is -2.49. The van der Waals surface area contributed by atoms with Crippen LogP contribution in [0.25, 0.3) is 0 Å². The Morgan fingerprint density at radius 3 is 2.62 bits per heavy atom. The van der Waals surface area contributed by atoms with Gasteiger partial charge in [-0.25, -0.2) is 9.97 Å². The van der Waals surface area contributed by atoms with Gasteiger partial charge in [0.15, 0.2) is 0 Å². The van der Waals surface area contributed by atoms with Crippen LogP contribution in [-0.2, 0) is 5.92 Å². The summed E-state index contributed by atoms with van der Waals surface area (Å²) in [5.74, 6) is -4.49. The van der Waals surface area contributed by atoms with Crippen molar-refractivity contribution in [1.29, 1.82) is 0 Å². The average Bonchev–Trinajstić information content (AvgIpc) is 3.64. The monoisotopic (exact) mass is 563 g/mol. The van der Waals surface area contributed by atoms with E-state index in [1.807, 2.05) is 4.90 Å². The molecular weight excluding hydrogens is 547 g/mol. The summed E-state index contributed by atoms with van der Waals surface area (Å²) in [6.45, 7) is 1.61. The smallest absolute Gasteiger partial charge is 0.349 e. The number of carbonyl (C=O) groups is 1. The molecule has 1 aromatic carbocycles. The van der Waals surface area contributed by atoms with Gasteiger partial charge in [-0.3, -0.25) is 9.78 Å². The van der Waals surface area contributed by atoms with E-state index in [1.54, 1.807) is 28.9 Å². The van der Waals surface area contributed by atoms with Gasteiger partial charge in [-0.1, -0.05) is 29.3 Å². The SMILES string of the molecule is O=C(c1cncs1)N1CC(c2nnc(C(F)(F)c3ccc(Cl)c(Cl)c3)o2)C2(C1)CN(c1ncccn1)C2. The van der Waals surface area contributed by atoms with Crippen molar-refractivity contribution in [2.24, 2.45) is 5.41 Å². The van der Waals surface area contributed by atoms with E-state index in [4.69, 9.17) is 27.6 Å². The van der Waals surface area contributed by atoms with Crippen LogP contribution in [0, 0.1) is 5.41 Å². The second-order valence-electron chi connectivity index (χ2n) is 9.02. The fraction of sp³-hybridized carbons (Fsp3) is 0.304. The van der Waals surface area contributed by atoms with Crippen molar-refractivity contribution >= 4 is 46.4 Å². The predicted molar refractivity (Wildman–Crippen MR) is 131 cm³/mol. The summed E-state index contributed by atoms with van der Waals surface area (Å²) in [4.78, 5) is 29.8. The summed E-state index contributed by atoms with van der Waals surface area (Å²) in [5.41, 5.74) is 0.669. The van der Waals surface area contributed by atoms with E-state index in [9.17, 15) is 4.79 Å². The first-order valence-electron chi connectivity index (χ1n) is 11.1. The molecule has 0 radical (unpaired) electrons. The maximum absolute atomic E-state index is 15.3. The van der Waals surface area contributed by atoms with Gasteiger partial charge < -0.3 is 14.2 Å². The maximum Gasteiger partial charge on any atom is 0.349 e. The second-order valence-corrected chi connectivity index (χ2v) is 10.7. The van der Waals surface area contributed by atoms with Gasteiger partial charge in [0, 0.05) is 49.6 Å². The number of benzene rings is 1. The Morgan fingerprint density at radius 2 is 1.92 bits per heavy atom. The zero-order valence-corrected chi connectivity index (χ0v) is 21.2. The molecule has 1 spiro atoms. The van der Waals surface area contributed by atoms with Gasteiger partial charge in [-0.2, -0.15) is 8.78 Å². The van der Waals surface area contributed by atoms with E-state index in [0.717, 1.165) is 12.1 Å². The highest BCUT2D eigenvalue weighted by molar-refractivity contribution is 7.11. The van der Waals surface area contributed by atoms with Gasteiger partial charge in [0.25, 0.3) is 11.8 Å². The van der Waals surface area contributed by atoms with Crippen molar-refractivity contribution in [2.75, 3.05) is 31.1 Å². The van der Waals surface area contributed by atoms with Gasteiger partial charge in [-0.15, -0.1) is 21.5 Å². The lowest BCUT2D eigenvalue weighted by atomic mass is 9.71. The highest BCUT2D eigenvalue weighted by atomic mass is 35.5. The number of halogens is 4. The van der Waals surface area contributed by atoms with Gasteiger partial charge >= 0.3 is 5.92 Å². The Bertz CT molecular complexity index is 1450. The van der Waals surface area contributed by atoms with Gasteiger partial charge in [0.05, 0.1) is 27.7 Å². The highest BCUT2D eigenvalue weighted by Gasteiger charge is 2.58. The van der Waals surface area contributed by atoms with Crippen LogP contribution in [0.2, 0.25) is 10.0 Å². The Balaban J connectivity index is 1.31. The highest BCUT2D eigenvalue weighted by Crippen LogP contribution is 2.50. The lowest BCUT2D eigenvalue weighted by Crippen LogP contribution is -2.60. The Hall–Kier alpha value is -3.22. The maximum atomic E-state index is 15.3. The molecule has 1 atom stereocenters. The summed E-state index contributed by atoms with van der Waals surface area (Å²) in [7, 11) is 0. The molecule has 1 unspecified atom stereocenters. The van der Waals surface area contributed by atoms with Crippen molar-refractivity contribution in [2.45, 2.75) is 11.8 Å². The van der Waals surface area contributed by atoms with E-state index in [2.05, 4.69) is 25.1 Å². The van der Waals surface area contributed by atoms with Crippen molar-refractivity contribution in [3.8, 4) is 0 Å². The Morgan fingerprint density at radius 1 is 1.14 bits per heavy atom. The number of aromatic nitrogens is 5. The van der Waals surface area contributed by atoms with Gasteiger partial charge in [0.1, 0.15) is 4.88 Å². The van der Waals surface area contributed by atoms with E-state index in [1.165, 1.54) is 23.6 Å². The molecule has 6 rings (SSSR count). The van der Waals surface area contributed by atoms with Crippen molar-refractivity contribution in [1.82, 2.24) is 30.0 Å². The summed E-state index contributed by atoms with van der Waals surface area (Å²) < 4.78 is 36.1. The van der Waals surface area contributed by atoms with Crippen LogP contribution < -0.4 is 4.90 Å². The molecule has 2 aliphatic heterocycles. The predicted octanol–water partition coefficient (Wildman–Crippen LogP) is 4.51. The topological polar surface area (TPSA) is 101 Å². The first-order valence-corrected chi connectivity index (χ1v) is 12.8. The van der Waals surface area contributed by atoms with E-state index in [-0.39, 0.29) is 28.4 Å². The minimum atomic E-state index is -3.59. The number of hydrogen-bond donors (Lipinski definition) is 0. The summed E-state index contributed by atoms with van der Waals surface area (Å²) in [6, 6.07) is 5.24. The molecule has 2 aliphatic rings. The first-order chi connectivity index (χ1) is 17.8. The number of thiazole rings is 1.